The Morgan fingerprint density at radius 1 is 0.903 bits per heavy atom. The van der Waals surface area contributed by atoms with E-state index in [0.717, 1.165) is 18.7 Å². The summed E-state index contributed by atoms with van der Waals surface area (Å²) in [5.74, 6) is -0.416. The van der Waals surface area contributed by atoms with E-state index >= 15 is 0 Å². The van der Waals surface area contributed by atoms with Gasteiger partial charge < -0.3 is 9.80 Å². The highest BCUT2D eigenvalue weighted by Gasteiger charge is 2.35. The zero-order valence-electron chi connectivity index (χ0n) is 18.5. The Kier molecular flexibility index (Phi) is 5.81. The van der Waals surface area contributed by atoms with E-state index in [0.29, 0.717) is 37.1 Å². The first-order valence-corrected chi connectivity index (χ1v) is 10.9. The third-order valence-electron chi connectivity index (χ3n) is 6.45. The van der Waals surface area contributed by atoms with Gasteiger partial charge in [0.15, 0.2) is 0 Å². The molecule has 0 spiro atoms. The van der Waals surface area contributed by atoms with E-state index in [-0.39, 0.29) is 24.3 Å². The molecule has 6 heteroatoms. The van der Waals surface area contributed by atoms with Gasteiger partial charge in [0.05, 0.1) is 11.1 Å². The van der Waals surface area contributed by atoms with Gasteiger partial charge in [-0.2, -0.15) is 0 Å². The average molecular weight is 420 g/mol. The minimum Gasteiger partial charge on any atom is -0.368 e. The Labute approximate surface area is 183 Å². The number of hydrogen-bond acceptors (Lipinski definition) is 4. The van der Waals surface area contributed by atoms with Gasteiger partial charge >= 0.3 is 0 Å². The first-order chi connectivity index (χ1) is 14.9. The third kappa shape index (κ3) is 4.07. The number of anilines is 1. The number of piperazine rings is 1. The van der Waals surface area contributed by atoms with Gasteiger partial charge in [0.25, 0.3) is 11.8 Å². The van der Waals surface area contributed by atoms with Crippen molar-refractivity contribution in [3.63, 3.8) is 0 Å². The molecule has 2 aromatic carbocycles. The molecule has 2 aliphatic rings. The molecule has 2 aliphatic heterocycles. The van der Waals surface area contributed by atoms with Gasteiger partial charge in [-0.05, 0) is 56.5 Å². The zero-order valence-corrected chi connectivity index (χ0v) is 18.5. The maximum Gasteiger partial charge on any atom is 0.261 e. The fourth-order valence-corrected chi connectivity index (χ4v) is 4.43. The molecule has 0 radical (unpaired) electrons. The molecule has 0 unspecified atom stereocenters. The Balaban J connectivity index is 1.27. The van der Waals surface area contributed by atoms with Crippen LogP contribution in [0.25, 0.3) is 0 Å². The van der Waals surface area contributed by atoms with Crippen molar-refractivity contribution in [2.75, 3.05) is 37.6 Å². The van der Waals surface area contributed by atoms with Crippen LogP contribution in [0.4, 0.5) is 5.69 Å². The Morgan fingerprint density at radius 3 is 2.35 bits per heavy atom. The predicted octanol–water partition coefficient (Wildman–Crippen LogP) is 3.34. The fraction of sp³-hybridized carbons (Fsp3) is 0.400. The monoisotopic (exact) mass is 419 g/mol. The van der Waals surface area contributed by atoms with Crippen molar-refractivity contribution in [1.29, 1.82) is 0 Å². The Bertz CT molecular complexity index is 1040. The molecule has 0 atom stereocenters. The molecule has 6 nitrogen and oxygen atoms in total. The first-order valence-electron chi connectivity index (χ1n) is 10.9. The van der Waals surface area contributed by atoms with Gasteiger partial charge in [-0.25, -0.2) is 0 Å². The zero-order chi connectivity index (χ0) is 22.1. The number of carbonyl (C=O) groups is 3. The molecule has 0 aliphatic carbocycles. The van der Waals surface area contributed by atoms with Crippen LogP contribution in [0.2, 0.25) is 0 Å². The van der Waals surface area contributed by atoms with Crippen LogP contribution in [-0.2, 0) is 4.79 Å². The first kappa shape index (κ1) is 21.1. The second-order valence-corrected chi connectivity index (χ2v) is 8.50. The molecule has 31 heavy (non-hydrogen) atoms. The summed E-state index contributed by atoms with van der Waals surface area (Å²) in [5.41, 5.74) is 5.70. The molecular weight excluding hydrogens is 390 g/mol. The molecule has 2 aromatic rings. The van der Waals surface area contributed by atoms with Crippen LogP contribution in [0.5, 0.6) is 0 Å². The van der Waals surface area contributed by atoms with Gasteiger partial charge in [-0.15, -0.1) is 0 Å². The number of aryl methyl sites for hydroxylation is 2. The molecule has 162 valence electrons. The molecule has 2 heterocycles. The highest BCUT2D eigenvalue weighted by molar-refractivity contribution is 6.21. The number of fused-ring (bicyclic) bond motifs is 1. The van der Waals surface area contributed by atoms with Crippen LogP contribution in [0, 0.1) is 20.8 Å². The standard InChI is InChI=1S/C25H29N3O3/c1-17-9-10-20-21(16-17)25(31)28(24(20)30)11-5-8-23(29)27-14-12-26(13-15-27)22-7-4-6-18(2)19(22)3/h4,6-7,9-10,16H,5,8,11-15H2,1-3H3. The SMILES string of the molecule is Cc1ccc2c(c1)C(=O)N(CCCC(=O)N1CCN(c3cccc(C)c3C)CC1)C2=O. The van der Waals surface area contributed by atoms with E-state index in [2.05, 4.69) is 36.9 Å². The predicted molar refractivity (Wildman–Crippen MR) is 120 cm³/mol. The Morgan fingerprint density at radius 2 is 1.61 bits per heavy atom. The summed E-state index contributed by atoms with van der Waals surface area (Å²) in [5, 5.41) is 0. The van der Waals surface area contributed by atoms with Crippen LogP contribution in [0.1, 0.15) is 50.2 Å². The quantitative estimate of drug-likeness (QED) is 0.698. The van der Waals surface area contributed by atoms with E-state index in [1.54, 1.807) is 12.1 Å². The maximum absolute atomic E-state index is 12.7. The summed E-state index contributed by atoms with van der Waals surface area (Å²) < 4.78 is 0. The molecule has 0 aromatic heterocycles. The number of imide groups is 1. The number of carbonyl (C=O) groups excluding carboxylic acids is 3. The van der Waals surface area contributed by atoms with Crippen molar-refractivity contribution in [3.05, 3.63) is 64.2 Å². The van der Waals surface area contributed by atoms with E-state index < -0.39 is 0 Å². The van der Waals surface area contributed by atoms with Crippen LogP contribution < -0.4 is 4.90 Å². The van der Waals surface area contributed by atoms with Gasteiger partial charge in [0.1, 0.15) is 0 Å². The van der Waals surface area contributed by atoms with Crippen LogP contribution in [-0.4, -0.2) is 60.2 Å². The Hall–Kier alpha value is -3.15. The lowest BCUT2D eigenvalue weighted by molar-refractivity contribution is -0.131. The number of amides is 3. The highest BCUT2D eigenvalue weighted by Crippen LogP contribution is 2.25. The summed E-state index contributed by atoms with van der Waals surface area (Å²) in [6.45, 7) is 9.45. The highest BCUT2D eigenvalue weighted by atomic mass is 16.2. The molecule has 1 fully saturated rings. The summed E-state index contributed by atoms with van der Waals surface area (Å²) in [7, 11) is 0. The van der Waals surface area contributed by atoms with Crippen molar-refractivity contribution in [1.82, 2.24) is 9.80 Å². The number of hydrogen-bond donors (Lipinski definition) is 0. The van der Waals surface area contributed by atoms with Gasteiger partial charge in [0.2, 0.25) is 5.91 Å². The van der Waals surface area contributed by atoms with Crippen molar-refractivity contribution >= 4 is 23.4 Å². The molecule has 4 rings (SSSR count). The number of rotatable bonds is 5. The molecule has 3 amide bonds. The van der Waals surface area contributed by atoms with Crippen molar-refractivity contribution < 1.29 is 14.4 Å². The second-order valence-electron chi connectivity index (χ2n) is 8.50. The summed E-state index contributed by atoms with van der Waals surface area (Å²) >= 11 is 0. The van der Waals surface area contributed by atoms with Gasteiger partial charge in [-0.3, -0.25) is 19.3 Å². The van der Waals surface area contributed by atoms with Crippen LogP contribution in [0.15, 0.2) is 36.4 Å². The molecule has 1 saturated heterocycles. The smallest absolute Gasteiger partial charge is 0.261 e. The fourth-order valence-electron chi connectivity index (χ4n) is 4.43. The van der Waals surface area contributed by atoms with E-state index in [1.165, 1.54) is 21.7 Å². The summed E-state index contributed by atoms with van der Waals surface area (Å²) in [6, 6.07) is 11.7. The van der Waals surface area contributed by atoms with Crippen molar-refractivity contribution in [2.24, 2.45) is 0 Å². The topological polar surface area (TPSA) is 60.9 Å². The van der Waals surface area contributed by atoms with Gasteiger partial charge in [0, 0.05) is 44.8 Å². The summed E-state index contributed by atoms with van der Waals surface area (Å²) in [4.78, 5) is 43.3. The number of nitrogens with zero attached hydrogens (tertiary/aromatic N) is 3. The van der Waals surface area contributed by atoms with Gasteiger partial charge in [-0.1, -0.05) is 23.8 Å². The van der Waals surface area contributed by atoms with E-state index in [4.69, 9.17) is 0 Å². The molecule has 0 saturated carbocycles. The summed E-state index contributed by atoms with van der Waals surface area (Å²) in [6.07, 6.45) is 0.830. The largest absolute Gasteiger partial charge is 0.368 e. The average Bonchev–Trinajstić information content (AvgIpc) is 3.00. The second kappa shape index (κ2) is 8.53. The lowest BCUT2D eigenvalue weighted by Gasteiger charge is -2.37. The lowest BCUT2D eigenvalue weighted by Crippen LogP contribution is -2.49. The molecule has 0 N–H and O–H groups in total. The maximum atomic E-state index is 12.7. The molecular formula is C25H29N3O3. The normalized spacial score (nSPS) is 16.2. The van der Waals surface area contributed by atoms with Crippen LogP contribution >= 0.6 is 0 Å². The van der Waals surface area contributed by atoms with E-state index in [1.807, 2.05) is 17.9 Å². The lowest BCUT2D eigenvalue weighted by atomic mass is 10.1. The van der Waals surface area contributed by atoms with Crippen LogP contribution in [0.3, 0.4) is 0 Å². The minimum atomic E-state index is -0.255. The van der Waals surface area contributed by atoms with Crippen molar-refractivity contribution in [2.45, 2.75) is 33.6 Å². The third-order valence-corrected chi connectivity index (χ3v) is 6.45. The minimum absolute atomic E-state index is 0.0908. The molecule has 0 bridgehead atoms. The van der Waals surface area contributed by atoms with E-state index in [9.17, 15) is 14.4 Å². The number of benzene rings is 2. The van der Waals surface area contributed by atoms with Crippen molar-refractivity contribution in [3.8, 4) is 0 Å².